The van der Waals surface area contributed by atoms with Crippen LogP contribution in [0.15, 0.2) is 18.2 Å². The van der Waals surface area contributed by atoms with Gasteiger partial charge in [0, 0.05) is 18.2 Å². The molecule has 0 amide bonds. The number of nitrogens with one attached hydrogen (secondary N) is 1. The lowest BCUT2D eigenvalue weighted by atomic mass is 9.88. The Balaban J connectivity index is 2.08. The molecule has 0 saturated heterocycles. The number of benzene rings is 1. The predicted molar refractivity (Wildman–Crippen MR) is 71.1 cm³/mol. The Kier molecular flexibility index (Phi) is 3.52. The third-order valence-electron chi connectivity index (χ3n) is 3.65. The van der Waals surface area contributed by atoms with Crippen molar-refractivity contribution in [1.29, 1.82) is 0 Å². The minimum Gasteiger partial charge on any atom is -0.384 e. The number of rotatable bonds is 4. The fourth-order valence-corrected chi connectivity index (χ4v) is 2.83. The lowest BCUT2D eigenvalue weighted by molar-refractivity contribution is 0.448. The van der Waals surface area contributed by atoms with Crippen LogP contribution in [0, 0.1) is 12.8 Å². The van der Waals surface area contributed by atoms with Gasteiger partial charge in [0.25, 0.3) is 0 Å². The number of hydrogen-bond donors (Lipinski definition) is 1. The standard InChI is InChI=1S/C15H23N/c1-4-5-11(2)8-13-10-16-15-7-6-12(3)9-14(13)15/h6-7,9,11,13,16H,4-5,8,10H2,1-3H3. The second kappa shape index (κ2) is 4.90. The average Bonchev–Trinajstić information content (AvgIpc) is 2.61. The zero-order valence-corrected chi connectivity index (χ0v) is 10.7. The van der Waals surface area contributed by atoms with Crippen LogP contribution in [0.4, 0.5) is 5.69 Å². The highest BCUT2D eigenvalue weighted by Gasteiger charge is 2.23. The lowest BCUT2D eigenvalue weighted by Gasteiger charge is -2.16. The molecule has 0 aliphatic carbocycles. The summed E-state index contributed by atoms with van der Waals surface area (Å²) in [5.74, 6) is 1.58. The minimum absolute atomic E-state index is 0.733. The lowest BCUT2D eigenvalue weighted by Crippen LogP contribution is -2.07. The third kappa shape index (κ3) is 2.40. The van der Waals surface area contributed by atoms with Gasteiger partial charge in [0.1, 0.15) is 0 Å². The van der Waals surface area contributed by atoms with E-state index in [1.807, 2.05) is 0 Å². The topological polar surface area (TPSA) is 12.0 Å². The van der Waals surface area contributed by atoms with Crippen LogP contribution < -0.4 is 5.32 Å². The Morgan fingerprint density at radius 2 is 2.25 bits per heavy atom. The van der Waals surface area contributed by atoms with Gasteiger partial charge in [0.05, 0.1) is 0 Å². The molecule has 1 nitrogen and oxygen atoms in total. The third-order valence-corrected chi connectivity index (χ3v) is 3.65. The summed E-state index contributed by atoms with van der Waals surface area (Å²) in [6, 6.07) is 6.79. The maximum Gasteiger partial charge on any atom is 0.0376 e. The van der Waals surface area contributed by atoms with E-state index >= 15 is 0 Å². The molecule has 16 heavy (non-hydrogen) atoms. The quantitative estimate of drug-likeness (QED) is 0.791. The molecule has 1 heterocycles. The van der Waals surface area contributed by atoms with E-state index in [4.69, 9.17) is 0 Å². The van der Waals surface area contributed by atoms with E-state index in [1.165, 1.54) is 30.5 Å². The summed E-state index contributed by atoms with van der Waals surface area (Å²) in [6.45, 7) is 7.98. The van der Waals surface area contributed by atoms with E-state index in [0.717, 1.165) is 18.4 Å². The highest BCUT2D eigenvalue weighted by Crippen LogP contribution is 2.36. The van der Waals surface area contributed by atoms with Gasteiger partial charge in [-0.2, -0.15) is 0 Å². The van der Waals surface area contributed by atoms with Gasteiger partial charge in [0.15, 0.2) is 0 Å². The molecule has 2 atom stereocenters. The first kappa shape index (κ1) is 11.5. The van der Waals surface area contributed by atoms with E-state index < -0.39 is 0 Å². The zero-order chi connectivity index (χ0) is 11.5. The van der Waals surface area contributed by atoms with Crippen LogP contribution in [0.25, 0.3) is 0 Å². The first-order chi connectivity index (χ1) is 7.70. The van der Waals surface area contributed by atoms with Crippen molar-refractivity contribution in [3.05, 3.63) is 29.3 Å². The number of anilines is 1. The molecule has 88 valence electrons. The van der Waals surface area contributed by atoms with Gasteiger partial charge in [-0.05, 0) is 30.9 Å². The molecule has 1 aromatic carbocycles. The molecule has 1 N–H and O–H groups in total. The average molecular weight is 217 g/mol. The van der Waals surface area contributed by atoms with Crippen LogP contribution in [-0.4, -0.2) is 6.54 Å². The summed E-state index contributed by atoms with van der Waals surface area (Å²) in [5, 5.41) is 3.52. The summed E-state index contributed by atoms with van der Waals surface area (Å²) < 4.78 is 0. The van der Waals surface area contributed by atoms with Crippen LogP contribution >= 0.6 is 0 Å². The highest BCUT2D eigenvalue weighted by molar-refractivity contribution is 5.58. The molecule has 0 bridgehead atoms. The molecule has 0 aromatic heterocycles. The van der Waals surface area contributed by atoms with Crippen molar-refractivity contribution in [2.45, 2.75) is 46.0 Å². The Hall–Kier alpha value is -0.980. The molecule has 0 saturated carbocycles. The van der Waals surface area contributed by atoms with Crippen LogP contribution in [-0.2, 0) is 0 Å². The van der Waals surface area contributed by atoms with E-state index in [2.05, 4.69) is 44.3 Å². The Labute approximate surface area is 99.3 Å². The van der Waals surface area contributed by atoms with Gasteiger partial charge in [0.2, 0.25) is 0 Å². The van der Waals surface area contributed by atoms with Gasteiger partial charge in [-0.25, -0.2) is 0 Å². The van der Waals surface area contributed by atoms with Crippen molar-refractivity contribution in [2.75, 3.05) is 11.9 Å². The van der Waals surface area contributed by atoms with E-state index in [1.54, 1.807) is 5.56 Å². The fraction of sp³-hybridized carbons (Fsp3) is 0.600. The van der Waals surface area contributed by atoms with Crippen molar-refractivity contribution >= 4 is 5.69 Å². The van der Waals surface area contributed by atoms with Crippen LogP contribution in [0.2, 0.25) is 0 Å². The summed E-state index contributed by atoms with van der Waals surface area (Å²) in [5.41, 5.74) is 4.29. The first-order valence-electron chi connectivity index (χ1n) is 6.55. The summed E-state index contributed by atoms with van der Waals surface area (Å²) >= 11 is 0. The number of aryl methyl sites for hydroxylation is 1. The van der Waals surface area contributed by atoms with E-state index in [0.29, 0.717) is 0 Å². The van der Waals surface area contributed by atoms with Gasteiger partial charge in [-0.1, -0.05) is 44.4 Å². The molecule has 0 radical (unpaired) electrons. The van der Waals surface area contributed by atoms with E-state index in [9.17, 15) is 0 Å². The molecule has 1 heteroatoms. The first-order valence-corrected chi connectivity index (χ1v) is 6.55. The highest BCUT2D eigenvalue weighted by atomic mass is 14.9. The Bertz CT molecular complexity index is 356. The molecule has 0 fully saturated rings. The smallest absolute Gasteiger partial charge is 0.0376 e. The molecule has 1 aromatic rings. The number of fused-ring (bicyclic) bond motifs is 1. The van der Waals surface area contributed by atoms with Crippen molar-refractivity contribution in [3.63, 3.8) is 0 Å². The van der Waals surface area contributed by atoms with E-state index in [-0.39, 0.29) is 0 Å². The molecular weight excluding hydrogens is 194 g/mol. The van der Waals surface area contributed by atoms with Crippen LogP contribution in [0.3, 0.4) is 0 Å². The van der Waals surface area contributed by atoms with Crippen LogP contribution in [0.5, 0.6) is 0 Å². The summed E-state index contributed by atoms with van der Waals surface area (Å²) in [7, 11) is 0. The van der Waals surface area contributed by atoms with Crippen molar-refractivity contribution < 1.29 is 0 Å². The summed E-state index contributed by atoms with van der Waals surface area (Å²) in [6.07, 6.45) is 4.00. The maximum absolute atomic E-state index is 3.52. The minimum atomic E-state index is 0.733. The fourth-order valence-electron chi connectivity index (χ4n) is 2.83. The molecule has 0 spiro atoms. The van der Waals surface area contributed by atoms with Gasteiger partial charge in [-0.3, -0.25) is 0 Å². The molecule has 2 rings (SSSR count). The predicted octanol–water partition coefficient (Wildman–Crippen LogP) is 4.33. The normalized spacial score (nSPS) is 20.3. The largest absolute Gasteiger partial charge is 0.384 e. The van der Waals surface area contributed by atoms with Crippen molar-refractivity contribution in [3.8, 4) is 0 Å². The SMILES string of the molecule is CCCC(C)CC1CNc2ccc(C)cc21. The molecule has 1 aliphatic heterocycles. The number of hydrogen-bond acceptors (Lipinski definition) is 1. The van der Waals surface area contributed by atoms with Gasteiger partial charge >= 0.3 is 0 Å². The summed E-state index contributed by atoms with van der Waals surface area (Å²) in [4.78, 5) is 0. The molecule has 1 aliphatic rings. The molecule has 2 unspecified atom stereocenters. The van der Waals surface area contributed by atoms with Crippen LogP contribution in [0.1, 0.15) is 50.2 Å². The second-order valence-electron chi connectivity index (χ2n) is 5.30. The Morgan fingerprint density at radius 1 is 1.44 bits per heavy atom. The maximum atomic E-state index is 3.52. The van der Waals surface area contributed by atoms with Crippen molar-refractivity contribution in [2.24, 2.45) is 5.92 Å². The Morgan fingerprint density at radius 3 is 3.00 bits per heavy atom. The van der Waals surface area contributed by atoms with Gasteiger partial charge < -0.3 is 5.32 Å². The monoisotopic (exact) mass is 217 g/mol. The van der Waals surface area contributed by atoms with Gasteiger partial charge in [-0.15, -0.1) is 0 Å². The van der Waals surface area contributed by atoms with Crippen molar-refractivity contribution in [1.82, 2.24) is 0 Å². The molecular formula is C15H23N. The second-order valence-corrected chi connectivity index (χ2v) is 5.30. The zero-order valence-electron chi connectivity index (χ0n) is 10.7.